The van der Waals surface area contributed by atoms with Crippen LogP contribution in [0.3, 0.4) is 0 Å². The molecule has 2 aromatic carbocycles. The number of nitroso groups, excluding NO2 is 1. The lowest BCUT2D eigenvalue weighted by atomic mass is 9.87. The summed E-state index contributed by atoms with van der Waals surface area (Å²) >= 11 is 0. The van der Waals surface area contributed by atoms with E-state index in [9.17, 15) is 10.0 Å². The van der Waals surface area contributed by atoms with E-state index in [-0.39, 0.29) is 17.0 Å². The fourth-order valence-corrected chi connectivity index (χ4v) is 3.05. The van der Waals surface area contributed by atoms with Gasteiger partial charge in [-0.1, -0.05) is 51.1 Å². The van der Waals surface area contributed by atoms with Crippen molar-refractivity contribution < 1.29 is 9.84 Å². The van der Waals surface area contributed by atoms with Gasteiger partial charge in [0.05, 0.1) is 12.1 Å². The molecule has 136 valence electrons. The smallest absolute Gasteiger partial charge is 0.222 e. The Morgan fingerprint density at radius 1 is 1.08 bits per heavy atom. The maximum Gasteiger partial charge on any atom is 0.222 e. The molecule has 0 saturated heterocycles. The first-order valence-corrected chi connectivity index (χ1v) is 8.78. The summed E-state index contributed by atoms with van der Waals surface area (Å²) < 4.78 is 7.51. The van der Waals surface area contributed by atoms with Crippen molar-refractivity contribution in [3.63, 3.8) is 0 Å². The molecule has 0 amide bonds. The topological polar surface area (TPSA) is 63.8 Å². The molecule has 0 aliphatic heterocycles. The summed E-state index contributed by atoms with van der Waals surface area (Å²) in [4.78, 5) is 11.0. The molecule has 0 unspecified atom stereocenters. The predicted molar refractivity (Wildman–Crippen MR) is 104 cm³/mol. The highest BCUT2D eigenvalue weighted by molar-refractivity contribution is 5.94. The molecule has 1 heterocycles. The van der Waals surface area contributed by atoms with Crippen molar-refractivity contribution in [3.8, 4) is 11.6 Å². The van der Waals surface area contributed by atoms with Gasteiger partial charge in [0.25, 0.3) is 0 Å². The summed E-state index contributed by atoms with van der Waals surface area (Å²) in [7, 11) is 0. The van der Waals surface area contributed by atoms with Crippen LogP contribution < -0.4 is 4.74 Å². The molecule has 5 heteroatoms. The van der Waals surface area contributed by atoms with Gasteiger partial charge in [-0.05, 0) is 40.8 Å². The Bertz CT molecular complexity index is 905. The number of nitrogens with zero attached hydrogens (tertiary/aromatic N) is 2. The molecular weight excluding hydrogens is 328 g/mol. The van der Waals surface area contributed by atoms with Crippen LogP contribution in [0.2, 0.25) is 0 Å². The Kier molecular flexibility index (Phi) is 4.98. The van der Waals surface area contributed by atoms with Crippen molar-refractivity contribution in [2.75, 3.05) is 6.61 Å². The number of ether oxygens (including phenoxy) is 1. The summed E-state index contributed by atoms with van der Waals surface area (Å²) in [6.07, 6.45) is 0.700. The second-order valence-corrected chi connectivity index (χ2v) is 7.41. The van der Waals surface area contributed by atoms with Gasteiger partial charge in [-0.3, -0.25) is 0 Å². The number of aryl methyl sites for hydroxylation is 1. The number of aromatic nitrogens is 1. The molecular formula is C21H24N2O3. The molecule has 5 nitrogen and oxygen atoms in total. The van der Waals surface area contributed by atoms with Gasteiger partial charge in [0.2, 0.25) is 5.88 Å². The van der Waals surface area contributed by atoms with Crippen molar-refractivity contribution in [3.05, 3.63) is 59.0 Å². The standard InChI is InChI=1S/C21H24N2O3/c1-21(2,3)15-9-11-16(12-10-15)26-14-6-13-23-18-8-5-4-7-17(18)19(22-25)20(23)24/h4-5,7-12,24H,6,13-14H2,1-3H3. The van der Waals surface area contributed by atoms with E-state index < -0.39 is 0 Å². The molecule has 0 spiro atoms. The Balaban J connectivity index is 1.63. The second kappa shape index (κ2) is 7.20. The van der Waals surface area contributed by atoms with Crippen LogP contribution in [0.25, 0.3) is 10.9 Å². The zero-order valence-corrected chi connectivity index (χ0v) is 15.4. The number of fused-ring (bicyclic) bond motifs is 1. The van der Waals surface area contributed by atoms with Gasteiger partial charge in [-0.25, -0.2) is 0 Å². The van der Waals surface area contributed by atoms with Gasteiger partial charge in [-0.15, -0.1) is 4.91 Å². The summed E-state index contributed by atoms with van der Waals surface area (Å²) in [6.45, 7) is 7.60. The third-order valence-electron chi connectivity index (χ3n) is 4.52. The summed E-state index contributed by atoms with van der Waals surface area (Å²) in [5, 5.41) is 13.9. The minimum atomic E-state index is -0.0873. The predicted octanol–water partition coefficient (Wildman–Crippen LogP) is 5.51. The Morgan fingerprint density at radius 3 is 2.42 bits per heavy atom. The zero-order chi connectivity index (χ0) is 18.7. The summed E-state index contributed by atoms with van der Waals surface area (Å²) in [5.41, 5.74) is 2.28. The summed E-state index contributed by atoms with van der Waals surface area (Å²) in [6, 6.07) is 15.5. The molecule has 0 aliphatic carbocycles. The lowest BCUT2D eigenvalue weighted by molar-refractivity contribution is 0.298. The highest BCUT2D eigenvalue weighted by Gasteiger charge is 2.16. The quantitative estimate of drug-likeness (QED) is 0.470. The fourth-order valence-electron chi connectivity index (χ4n) is 3.05. The molecule has 26 heavy (non-hydrogen) atoms. The summed E-state index contributed by atoms with van der Waals surface area (Å²) in [5.74, 6) is 0.741. The largest absolute Gasteiger partial charge is 0.494 e. The molecule has 1 aromatic heterocycles. The van der Waals surface area contributed by atoms with Crippen LogP contribution >= 0.6 is 0 Å². The average Bonchev–Trinajstić information content (AvgIpc) is 2.89. The number of rotatable bonds is 6. The molecule has 0 aliphatic rings. The fraction of sp³-hybridized carbons (Fsp3) is 0.333. The van der Waals surface area contributed by atoms with Crippen molar-refractivity contribution in [2.45, 2.75) is 39.2 Å². The Labute approximate surface area is 153 Å². The lowest BCUT2D eigenvalue weighted by Gasteiger charge is -2.19. The minimum Gasteiger partial charge on any atom is -0.494 e. The first-order valence-electron chi connectivity index (χ1n) is 8.78. The van der Waals surface area contributed by atoms with E-state index in [1.807, 2.05) is 30.3 Å². The Hall–Kier alpha value is -2.82. The van der Waals surface area contributed by atoms with Crippen LogP contribution in [-0.2, 0) is 12.0 Å². The van der Waals surface area contributed by atoms with E-state index in [1.54, 1.807) is 10.6 Å². The van der Waals surface area contributed by atoms with E-state index in [4.69, 9.17) is 4.74 Å². The molecule has 0 fully saturated rings. The monoisotopic (exact) mass is 352 g/mol. The maximum absolute atomic E-state index is 11.0. The third-order valence-corrected chi connectivity index (χ3v) is 4.52. The lowest BCUT2D eigenvalue weighted by Crippen LogP contribution is -2.10. The normalized spacial score (nSPS) is 11.7. The molecule has 3 aromatic rings. The van der Waals surface area contributed by atoms with Crippen molar-refractivity contribution in [1.82, 2.24) is 4.57 Å². The molecule has 3 rings (SSSR count). The second-order valence-electron chi connectivity index (χ2n) is 7.41. The average molecular weight is 352 g/mol. The first kappa shape index (κ1) is 18.0. The van der Waals surface area contributed by atoms with Crippen molar-refractivity contribution in [1.29, 1.82) is 0 Å². The zero-order valence-electron chi connectivity index (χ0n) is 15.4. The van der Waals surface area contributed by atoms with Gasteiger partial charge in [0.15, 0.2) is 5.69 Å². The number of benzene rings is 2. The molecule has 1 N–H and O–H groups in total. The third kappa shape index (κ3) is 3.57. The van der Waals surface area contributed by atoms with Crippen LogP contribution in [0.5, 0.6) is 11.6 Å². The number of aromatic hydroxyl groups is 1. The van der Waals surface area contributed by atoms with Crippen LogP contribution in [0.15, 0.2) is 53.7 Å². The van der Waals surface area contributed by atoms with E-state index in [0.29, 0.717) is 25.0 Å². The molecule has 0 radical (unpaired) electrons. The first-order chi connectivity index (χ1) is 12.4. The van der Waals surface area contributed by atoms with Gasteiger partial charge >= 0.3 is 0 Å². The van der Waals surface area contributed by atoms with Gasteiger partial charge in [0, 0.05) is 11.9 Å². The number of hydrogen-bond acceptors (Lipinski definition) is 4. The van der Waals surface area contributed by atoms with Crippen molar-refractivity contribution in [2.24, 2.45) is 5.18 Å². The minimum absolute atomic E-state index is 0.0873. The number of hydrogen-bond donors (Lipinski definition) is 1. The molecule has 0 bridgehead atoms. The van der Waals surface area contributed by atoms with Crippen molar-refractivity contribution >= 4 is 16.6 Å². The van der Waals surface area contributed by atoms with E-state index in [0.717, 1.165) is 11.3 Å². The van der Waals surface area contributed by atoms with E-state index in [2.05, 4.69) is 38.1 Å². The van der Waals surface area contributed by atoms with Gasteiger partial charge in [-0.2, -0.15) is 0 Å². The highest BCUT2D eigenvalue weighted by Crippen LogP contribution is 2.38. The van der Waals surface area contributed by atoms with Gasteiger partial charge in [0.1, 0.15) is 5.75 Å². The molecule has 0 saturated carbocycles. The van der Waals surface area contributed by atoms with Crippen LogP contribution in [0.1, 0.15) is 32.8 Å². The van der Waals surface area contributed by atoms with Crippen LogP contribution in [-0.4, -0.2) is 16.3 Å². The van der Waals surface area contributed by atoms with E-state index in [1.165, 1.54) is 5.56 Å². The SMILES string of the molecule is CC(C)(C)c1ccc(OCCCn2c(O)c(N=O)c3ccccc32)cc1. The number of para-hydroxylation sites is 1. The highest BCUT2D eigenvalue weighted by atomic mass is 16.5. The van der Waals surface area contributed by atoms with Crippen LogP contribution in [0, 0.1) is 4.91 Å². The maximum atomic E-state index is 11.0. The van der Waals surface area contributed by atoms with E-state index >= 15 is 0 Å². The van der Waals surface area contributed by atoms with Crippen LogP contribution in [0.4, 0.5) is 5.69 Å². The van der Waals surface area contributed by atoms with Gasteiger partial charge < -0.3 is 14.4 Å². The Morgan fingerprint density at radius 2 is 1.77 bits per heavy atom. The molecule has 0 atom stereocenters.